The minimum Gasteiger partial charge on any atom is -0.497 e. The van der Waals surface area contributed by atoms with Crippen LogP contribution in [-0.4, -0.2) is 47.6 Å². The molecule has 8 heteroatoms. The van der Waals surface area contributed by atoms with Gasteiger partial charge >= 0.3 is 6.09 Å². The van der Waals surface area contributed by atoms with Crippen molar-refractivity contribution in [2.45, 2.75) is 78.6 Å². The van der Waals surface area contributed by atoms with Crippen LogP contribution in [0.15, 0.2) is 42.5 Å². The van der Waals surface area contributed by atoms with E-state index in [2.05, 4.69) is 17.6 Å². The van der Waals surface area contributed by atoms with Crippen LogP contribution in [0.3, 0.4) is 0 Å². The molecule has 2 aromatic rings. The van der Waals surface area contributed by atoms with Crippen molar-refractivity contribution < 1.29 is 23.9 Å². The second-order valence-corrected chi connectivity index (χ2v) is 10.8. The molecule has 200 valence electrons. The number of benzene rings is 2. The first-order chi connectivity index (χ1) is 17.3. The number of amides is 3. The van der Waals surface area contributed by atoms with Gasteiger partial charge in [-0.3, -0.25) is 9.59 Å². The number of carbonyl (C=O) groups excluding carboxylic acids is 3. The number of alkyl carbamates (subject to hydrolysis) is 1. The Morgan fingerprint density at radius 1 is 1.05 bits per heavy atom. The van der Waals surface area contributed by atoms with Gasteiger partial charge in [0.2, 0.25) is 5.91 Å². The molecule has 3 amide bonds. The molecule has 0 aliphatic heterocycles. The van der Waals surface area contributed by atoms with Crippen molar-refractivity contribution >= 4 is 23.6 Å². The Hall–Kier alpha value is -3.55. The van der Waals surface area contributed by atoms with Crippen molar-refractivity contribution in [2.24, 2.45) is 5.92 Å². The average Bonchev–Trinajstić information content (AvgIpc) is 3.53. The molecule has 8 nitrogen and oxygen atoms in total. The van der Waals surface area contributed by atoms with E-state index < -0.39 is 23.8 Å². The monoisotopic (exact) mass is 509 g/mol. The third kappa shape index (κ3) is 7.02. The summed E-state index contributed by atoms with van der Waals surface area (Å²) in [5.74, 6) is 0.251. The van der Waals surface area contributed by atoms with E-state index in [-0.39, 0.29) is 23.8 Å². The Morgan fingerprint density at radius 2 is 1.68 bits per heavy atom. The largest absolute Gasteiger partial charge is 0.497 e. The minimum atomic E-state index is -0.885. The third-order valence-corrected chi connectivity index (χ3v) is 6.61. The summed E-state index contributed by atoms with van der Waals surface area (Å²) in [4.78, 5) is 41.8. The summed E-state index contributed by atoms with van der Waals surface area (Å²) in [7, 11) is 1.58. The van der Waals surface area contributed by atoms with E-state index in [0.29, 0.717) is 11.4 Å². The van der Waals surface area contributed by atoms with E-state index >= 15 is 0 Å². The lowest BCUT2D eigenvalue weighted by Gasteiger charge is -2.35. The SMILES string of the molecule is COc1ccc(NC(=O)C(c2cccc(C)c2C)N(C(=O)C(C)NC(=O)OC(C)(C)C)C2CC2C)cc1. The molecule has 0 aromatic heterocycles. The summed E-state index contributed by atoms with van der Waals surface area (Å²) < 4.78 is 10.6. The van der Waals surface area contributed by atoms with E-state index in [1.807, 2.05) is 32.0 Å². The van der Waals surface area contributed by atoms with E-state index in [1.165, 1.54) is 0 Å². The molecular formula is C29H39N3O5. The molecule has 0 saturated heterocycles. The predicted octanol–water partition coefficient (Wildman–Crippen LogP) is 5.14. The summed E-state index contributed by atoms with van der Waals surface area (Å²) in [5, 5.41) is 5.63. The van der Waals surface area contributed by atoms with E-state index in [4.69, 9.17) is 9.47 Å². The molecule has 2 aromatic carbocycles. The summed E-state index contributed by atoms with van der Waals surface area (Å²) in [5.41, 5.74) is 2.61. The second-order valence-electron chi connectivity index (χ2n) is 10.8. The zero-order chi connectivity index (χ0) is 27.5. The van der Waals surface area contributed by atoms with Gasteiger partial charge in [-0.15, -0.1) is 0 Å². The zero-order valence-corrected chi connectivity index (χ0v) is 23.0. The van der Waals surface area contributed by atoms with Crippen molar-refractivity contribution in [3.8, 4) is 5.75 Å². The number of hydrogen-bond donors (Lipinski definition) is 2. The lowest BCUT2D eigenvalue weighted by atomic mass is 9.94. The molecular weight excluding hydrogens is 470 g/mol. The van der Waals surface area contributed by atoms with Gasteiger partial charge in [0.1, 0.15) is 23.4 Å². The number of ether oxygens (including phenoxy) is 2. The first kappa shape index (κ1) is 28.0. The highest BCUT2D eigenvalue weighted by Crippen LogP contribution is 2.41. The van der Waals surface area contributed by atoms with Gasteiger partial charge in [0.15, 0.2) is 0 Å². The van der Waals surface area contributed by atoms with Crippen LogP contribution < -0.4 is 15.4 Å². The maximum atomic E-state index is 13.9. The fourth-order valence-corrected chi connectivity index (χ4v) is 4.31. The quantitative estimate of drug-likeness (QED) is 0.514. The van der Waals surface area contributed by atoms with Gasteiger partial charge in [-0.25, -0.2) is 4.79 Å². The van der Waals surface area contributed by atoms with Crippen molar-refractivity contribution in [1.82, 2.24) is 10.2 Å². The van der Waals surface area contributed by atoms with Crippen molar-refractivity contribution in [2.75, 3.05) is 12.4 Å². The van der Waals surface area contributed by atoms with Crippen LogP contribution in [0.5, 0.6) is 5.75 Å². The number of rotatable bonds is 8. The Morgan fingerprint density at radius 3 is 2.22 bits per heavy atom. The van der Waals surface area contributed by atoms with Crippen LogP contribution in [0.4, 0.5) is 10.5 Å². The molecule has 37 heavy (non-hydrogen) atoms. The number of nitrogens with zero attached hydrogens (tertiary/aromatic N) is 1. The molecule has 0 heterocycles. The van der Waals surface area contributed by atoms with Gasteiger partial charge < -0.3 is 25.0 Å². The Balaban J connectivity index is 1.98. The number of aryl methyl sites for hydroxylation is 1. The minimum absolute atomic E-state index is 0.123. The first-order valence-corrected chi connectivity index (χ1v) is 12.6. The maximum Gasteiger partial charge on any atom is 0.408 e. The lowest BCUT2D eigenvalue weighted by molar-refractivity contribution is -0.141. The fraction of sp³-hybridized carbons (Fsp3) is 0.483. The maximum absolute atomic E-state index is 13.9. The third-order valence-electron chi connectivity index (χ3n) is 6.61. The topological polar surface area (TPSA) is 97.0 Å². The van der Waals surface area contributed by atoms with Gasteiger partial charge in [-0.05, 0) is 94.8 Å². The van der Waals surface area contributed by atoms with Crippen molar-refractivity contribution in [1.29, 1.82) is 0 Å². The number of hydrogen-bond acceptors (Lipinski definition) is 5. The van der Waals surface area contributed by atoms with Gasteiger partial charge in [-0.1, -0.05) is 25.1 Å². The highest BCUT2D eigenvalue weighted by molar-refractivity contribution is 5.99. The van der Waals surface area contributed by atoms with E-state index in [0.717, 1.165) is 23.1 Å². The van der Waals surface area contributed by atoms with Crippen LogP contribution in [0.1, 0.15) is 63.8 Å². The molecule has 1 fully saturated rings. The summed E-state index contributed by atoms with van der Waals surface area (Å²) >= 11 is 0. The molecule has 1 aliphatic rings. The van der Waals surface area contributed by atoms with Gasteiger partial charge in [0, 0.05) is 11.7 Å². The summed E-state index contributed by atoms with van der Waals surface area (Å²) in [6.45, 7) is 12.9. The van der Waals surface area contributed by atoms with E-state index in [9.17, 15) is 14.4 Å². The molecule has 0 spiro atoms. The first-order valence-electron chi connectivity index (χ1n) is 12.6. The molecule has 0 radical (unpaired) electrons. The van der Waals surface area contributed by atoms with Crippen LogP contribution in [0, 0.1) is 19.8 Å². The predicted molar refractivity (Wildman–Crippen MR) is 144 cm³/mol. The Kier molecular flexibility index (Phi) is 8.51. The van der Waals surface area contributed by atoms with Crippen LogP contribution in [-0.2, 0) is 14.3 Å². The molecule has 2 N–H and O–H groups in total. The molecule has 1 aliphatic carbocycles. The standard InChI is InChI=1S/C29H39N3O5/c1-17-10-9-11-23(19(17)3)25(26(33)31-21-12-14-22(36-8)15-13-21)32(24-16-18(24)2)27(34)20(4)30-28(35)37-29(5,6)7/h9-15,18,20,24-25H,16H2,1-8H3,(H,30,35)(H,31,33). The van der Waals surface area contributed by atoms with Gasteiger partial charge in [0.05, 0.1) is 7.11 Å². The van der Waals surface area contributed by atoms with Gasteiger partial charge in [0.25, 0.3) is 5.91 Å². The molecule has 1 saturated carbocycles. The highest BCUT2D eigenvalue weighted by Gasteiger charge is 2.48. The normalized spacial score (nSPS) is 18.3. The highest BCUT2D eigenvalue weighted by atomic mass is 16.6. The molecule has 3 rings (SSSR count). The number of nitrogens with one attached hydrogen (secondary N) is 2. The summed E-state index contributed by atoms with van der Waals surface area (Å²) in [6, 6.07) is 10.9. The second kappa shape index (κ2) is 11.2. The van der Waals surface area contributed by atoms with Crippen LogP contribution in [0.2, 0.25) is 0 Å². The lowest BCUT2D eigenvalue weighted by Crippen LogP contribution is -2.52. The van der Waals surface area contributed by atoms with Gasteiger partial charge in [-0.2, -0.15) is 0 Å². The van der Waals surface area contributed by atoms with E-state index in [1.54, 1.807) is 64.0 Å². The zero-order valence-electron chi connectivity index (χ0n) is 23.0. The van der Waals surface area contributed by atoms with Crippen LogP contribution in [0.25, 0.3) is 0 Å². The Bertz CT molecular complexity index is 1140. The smallest absolute Gasteiger partial charge is 0.408 e. The molecule has 4 atom stereocenters. The van der Waals surface area contributed by atoms with Crippen molar-refractivity contribution in [3.05, 3.63) is 59.2 Å². The average molecular weight is 510 g/mol. The number of carbonyl (C=O) groups is 3. The molecule has 0 bridgehead atoms. The number of anilines is 1. The number of methoxy groups -OCH3 is 1. The van der Waals surface area contributed by atoms with Crippen molar-refractivity contribution in [3.63, 3.8) is 0 Å². The summed E-state index contributed by atoms with van der Waals surface area (Å²) in [6.07, 6.45) is 0.102. The fourth-order valence-electron chi connectivity index (χ4n) is 4.31. The Labute approximate surface area is 219 Å². The molecule has 4 unspecified atom stereocenters. The van der Waals surface area contributed by atoms with Crippen LogP contribution >= 0.6 is 0 Å².